The molecule has 0 bridgehead atoms. The summed E-state index contributed by atoms with van der Waals surface area (Å²) in [7, 11) is -1.32. The van der Waals surface area contributed by atoms with Gasteiger partial charge in [-0.2, -0.15) is 0 Å². The van der Waals surface area contributed by atoms with Gasteiger partial charge in [-0.1, -0.05) is 0 Å². The summed E-state index contributed by atoms with van der Waals surface area (Å²) in [5.74, 6) is 0.683. The SMILES string of the molecule is CN(CCS(C)(=O)=O)C(=O)CCC1CCNC1. The van der Waals surface area contributed by atoms with Gasteiger partial charge in [-0.05, 0) is 31.8 Å². The molecule has 1 unspecified atom stereocenters. The molecule has 0 spiro atoms. The molecular formula is C11H22N2O3S. The van der Waals surface area contributed by atoms with Crippen LogP contribution in [0.2, 0.25) is 0 Å². The zero-order valence-electron chi connectivity index (χ0n) is 10.6. The van der Waals surface area contributed by atoms with Gasteiger partial charge in [-0.3, -0.25) is 4.79 Å². The molecule has 1 heterocycles. The van der Waals surface area contributed by atoms with E-state index in [1.807, 2.05) is 0 Å². The first-order chi connectivity index (χ1) is 7.88. The summed E-state index contributed by atoms with van der Waals surface area (Å²) >= 11 is 0. The number of nitrogens with zero attached hydrogens (tertiary/aromatic N) is 1. The molecule has 0 saturated carbocycles. The van der Waals surface area contributed by atoms with E-state index < -0.39 is 9.84 Å². The molecule has 1 saturated heterocycles. The minimum atomic E-state index is -2.99. The third kappa shape index (κ3) is 6.02. The van der Waals surface area contributed by atoms with Crippen molar-refractivity contribution in [3.05, 3.63) is 0 Å². The van der Waals surface area contributed by atoms with Gasteiger partial charge in [0.1, 0.15) is 9.84 Å². The van der Waals surface area contributed by atoms with E-state index in [1.165, 1.54) is 11.2 Å². The predicted octanol–water partition coefficient (Wildman–Crippen LogP) is -0.121. The Hall–Kier alpha value is -0.620. The van der Waals surface area contributed by atoms with Crippen LogP contribution in [-0.4, -0.2) is 57.9 Å². The highest BCUT2D eigenvalue weighted by Crippen LogP contribution is 2.14. The third-order valence-electron chi connectivity index (χ3n) is 3.15. The van der Waals surface area contributed by atoms with Gasteiger partial charge < -0.3 is 10.2 Å². The summed E-state index contributed by atoms with van der Waals surface area (Å²) in [6, 6.07) is 0. The maximum absolute atomic E-state index is 11.7. The number of nitrogens with one attached hydrogen (secondary N) is 1. The maximum atomic E-state index is 11.7. The van der Waals surface area contributed by atoms with Crippen molar-refractivity contribution in [2.24, 2.45) is 5.92 Å². The van der Waals surface area contributed by atoms with Crippen LogP contribution in [0.5, 0.6) is 0 Å². The summed E-state index contributed by atoms with van der Waals surface area (Å²) in [6.07, 6.45) is 3.75. The van der Waals surface area contributed by atoms with E-state index in [0.29, 0.717) is 18.9 Å². The number of sulfone groups is 1. The van der Waals surface area contributed by atoms with Crippen molar-refractivity contribution in [2.75, 3.05) is 38.7 Å². The summed E-state index contributed by atoms with van der Waals surface area (Å²) in [6.45, 7) is 2.34. The first-order valence-electron chi connectivity index (χ1n) is 6.01. The second kappa shape index (κ2) is 6.35. The number of hydrogen-bond donors (Lipinski definition) is 1. The molecule has 6 heteroatoms. The van der Waals surface area contributed by atoms with Crippen molar-refractivity contribution in [1.82, 2.24) is 10.2 Å². The molecule has 5 nitrogen and oxygen atoms in total. The lowest BCUT2D eigenvalue weighted by atomic mass is 10.0. The van der Waals surface area contributed by atoms with Crippen molar-refractivity contribution in [3.63, 3.8) is 0 Å². The fourth-order valence-corrected chi connectivity index (χ4v) is 2.51. The summed E-state index contributed by atoms with van der Waals surface area (Å²) in [4.78, 5) is 13.2. The highest BCUT2D eigenvalue weighted by Gasteiger charge is 2.17. The van der Waals surface area contributed by atoms with Crippen molar-refractivity contribution in [3.8, 4) is 0 Å². The van der Waals surface area contributed by atoms with Gasteiger partial charge in [-0.15, -0.1) is 0 Å². The molecule has 1 N–H and O–H groups in total. The zero-order chi connectivity index (χ0) is 12.9. The lowest BCUT2D eigenvalue weighted by Gasteiger charge is -2.17. The highest BCUT2D eigenvalue weighted by molar-refractivity contribution is 7.90. The van der Waals surface area contributed by atoms with Crippen molar-refractivity contribution in [1.29, 1.82) is 0 Å². The standard InChI is InChI=1S/C11H22N2O3S/c1-13(7-8-17(2,15)16)11(14)4-3-10-5-6-12-9-10/h10,12H,3-9H2,1-2H3. The van der Waals surface area contributed by atoms with E-state index in [0.717, 1.165) is 25.9 Å². The smallest absolute Gasteiger partial charge is 0.222 e. The molecule has 17 heavy (non-hydrogen) atoms. The fraction of sp³-hybridized carbons (Fsp3) is 0.909. The molecule has 1 aliphatic rings. The van der Waals surface area contributed by atoms with Crippen LogP contribution in [0, 0.1) is 5.92 Å². The second-order valence-corrected chi connectivity index (χ2v) is 7.10. The Morgan fingerprint density at radius 2 is 2.18 bits per heavy atom. The van der Waals surface area contributed by atoms with Crippen LogP contribution in [0.25, 0.3) is 0 Å². The number of amides is 1. The average Bonchev–Trinajstić information content (AvgIpc) is 2.74. The molecule has 1 atom stereocenters. The second-order valence-electron chi connectivity index (χ2n) is 4.84. The van der Waals surface area contributed by atoms with Gasteiger partial charge in [0.15, 0.2) is 0 Å². The summed E-state index contributed by atoms with van der Waals surface area (Å²) in [5.41, 5.74) is 0. The molecule has 0 aliphatic carbocycles. The Kier molecular flexibility index (Phi) is 5.39. The molecule has 100 valence electrons. The summed E-state index contributed by atoms with van der Waals surface area (Å²) < 4.78 is 22.0. The van der Waals surface area contributed by atoms with E-state index in [2.05, 4.69) is 5.32 Å². The Bertz CT molecular complexity index is 348. The van der Waals surface area contributed by atoms with E-state index >= 15 is 0 Å². The van der Waals surface area contributed by atoms with Crippen LogP contribution in [0.4, 0.5) is 0 Å². The molecule has 1 fully saturated rings. The largest absolute Gasteiger partial charge is 0.345 e. The summed E-state index contributed by atoms with van der Waals surface area (Å²) in [5, 5.41) is 3.27. The van der Waals surface area contributed by atoms with Crippen LogP contribution in [-0.2, 0) is 14.6 Å². The third-order valence-corrected chi connectivity index (χ3v) is 4.08. The van der Waals surface area contributed by atoms with Gasteiger partial charge in [0.25, 0.3) is 0 Å². The van der Waals surface area contributed by atoms with Gasteiger partial charge in [-0.25, -0.2) is 8.42 Å². The van der Waals surface area contributed by atoms with Crippen LogP contribution < -0.4 is 5.32 Å². The first-order valence-corrected chi connectivity index (χ1v) is 8.07. The van der Waals surface area contributed by atoms with Crippen LogP contribution in [0.15, 0.2) is 0 Å². The molecular weight excluding hydrogens is 240 g/mol. The maximum Gasteiger partial charge on any atom is 0.222 e. The van der Waals surface area contributed by atoms with E-state index in [-0.39, 0.29) is 11.7 Å². The van der Waals surface area contributed by atoms with Crippen LogP contribution in [0.3, 0.4) is 0 Å². The quantitative estimate of drug-likeness (QED) is 0.725. The Morgan fingerprint density at radius 1 is 1.47 bits per heavy atom. The number of carbonyl (C=O) groups is 1. The van der Waals surface area contributed by atoms with E-state index in [4.69, 9.17) is 0 Å². The Morgan fingerprint density at radius 3 is 2.71 bits per heavy atom. The topological polar surface area (TPSA) is 66.5 Å². The minimum absolute atomic E-state index is 0.0419. The average molecular weight is 262 g/mol. The van der Waals surface area contributed by atoms with Crippen molar-refractivity contribution in [2.45, 2.75) is 19.3 Å². The normalized spacial score (nSPS) is 20.5. The predicted molar refractivity (Wildman–Crippen MR) is 67.6 cm³/mol. The van der Waals surface area contributed by atoms with Gasteiger partial charge in [0.2, 0.25) is 5.91 Å². The van der Waals surface area contributed by atoms with Crippen LogP contribution in [0.1, 0.15) is 19.3 Å². The Labute approximate surface area is 103 Å². The van der Waals surface area contributed by atoms with Crippen LogP contribution >= 0.6 is 0 Å². The van der Waals surface area contributed by atoms with E-state index in [1.54, 1.807) is 7.05 Å². The lowest BCUT2D eigenvalue weighted by Crippen LogP contribution is -2.31. The molecule has 0 radical (unpaired) electrons. The molecule has 0 aromatic carbocycles. The first kappa shape index (κ1) is 14.4. The minimum Gasteiger partial charge on any atom is -0.345 e. The molecule has 1 aliphatic heterocycles. The van der Waals surface area contributed by atoms with Gasteiger partial charge >= 0.3 is 0 Å². The van der Waals surface area contributed by atoms with E-state index in [9.17, 15) is 13.2 Å². The molecule has 1 amide bonds. The molecule has 0 aromatic rings. The van der Waals surface area contributed by atoms with Crippen molar-refractivity contribution >= 4 is 15.7 Å². The van der Waals surface area contributed by atoms with Gasteiger partial charge in [0, 0.05) is 26.3 Å². The van der Waals surface area contributed by atoms with Crippen molar-refractivity contribution < 1.29 is 13.2 Å². The zero-order valence-corrected chi connectivity index (χ0v) is 11.4. The fourth-order valence-electron chi connectivity index (χ4n) is 1.91. The monoisotopic (exact) mass is 262 g/mol. The highest BCUT2D eigenvalue weighted by atomic mass is 32.2. The number of carbonyl (C=O) groups excluding carboxylic acids is 1. The molecule has 1 rings (SSSR count). The molecule has 0 aromatic heterocycles. The number of rotatable bonds is 6. The van der Waals surface area contributed by atoms with Gasteiger partial charge in [0.05, 0.1) is 5.75 Å². The Balaban J connectivity index is 2.21. The number of hydrogen-bond acceptors (Lipinski definition) is 4. The lowest BCUT2D eigenvalue weighted by molar-refractivity contribution is -0.129.